The Hall–Kier alpha value is -2.03. The van der Waals surface area contributed by atoms with E-state index in [1.807, 2.05) is 24.3 Å². The van der Waals surface area contributed by atoms with E-state index in [1.54, 1.807) is 0 Å². The van der Waals surface area contributed by atoms with E-state index >= 15 is 0 Å². The van der Waals surface area contributed by atoms with Gasteiger partial charge in [0.2, 0.25) is 0 Å². The molecular formula is C20H23BO2. The first-order chi connectivity index (χ1) is 10.9. The van der Waals surface area contributed by atoms with Crippen LogP contribution in [0, 0.1) is 26.7 Å². The molecule has 0 heterocycles. The molecule has 2 rings (SSSR count). The second-order valence-electron chi connectivity index (χ2n) is 6.25. The van der Waals surface area contributed by atoms with E-state index in [9.17, 15) is 4.79 Å². The molecule has 0 aliphatic carbocycles. The summed E-state index contributed by atoms with van der Waals surface area (Å²) < 4.78 is 5.02. The maximum absolute atomic E-state index is 12.2. The predicted octanol–water partition coefficient (Wildman–Crippen LogP) is 2.98. The molecule has 1 unspecified atom stereocenters. The zero-order valence-corrected chi connectivity index (χ0v) is 14.3. The number of hydrogen-bond acceptors (Lipinski definition) is 2. The number of ether oxygens (including phenoxy) is 1. The van der Waals surface area contributed by atoms with Crippen LogP contribution in [0.2, 0.25) is 0 Å². The Kier molecular flexibility index (Phi) is 5.65. The van der Waals surface area contributed by atoms with Crippen molar-refractivity contribution in [1.29, 1.82) is 0 Å². The van der Waals surface area contributed by atoms with Gasteiger partial charge in [0.1, 0.15) is 7.85 Å². The third kappa shape index (κ3) is 4.48. The predicted molar refractivity (Wildman–Crippen MR) is 95.4 cm³/mol. The van der Waals surface area contributed by atoms with Crippen LogP contribution in [-0.4, -0.2) is 20.9 Å². The molecule has 0 bridgehead atoms. The summed E-state index contributed by atoms with van der Waals surface area (Å²) in [5, 5.41) is 0. The van der Waals surface area contributed by atoms with E-state index in [0.717, 1.165) is 11.0 Å². The summed E-state index contributed by atoms with van der Waals surface area (Å²) in [6.07, 6.45) is 1.34. The monoisotopic (exact) mass is 306 g/mol. The summed E-state index contributed by atoms with van der Waals surface area (Å²) in [7, 11) is 7.18. The Morgan fingerprint density at radius 3 is 2.13 bits per heavy atom. The summed E-state index contributed by atoms with van der Waals surface area (Å²) in [5.74, 6) is -0.357. The van der Waals surface area contributed by atoms with Gasteiger partial charge in [-0.1, -0.05) is 47.4 Å². The second-order valence-corrected chi connectivity index (χ2v) is 6.25. The maximum Gasteiger partial charge on any atom is 0.309 e. The zero-order valence-electron chi connectivity index (χ0n) is 14.3. The van der Waals surface area contributed by atoms with Gasteiger partial charge in [-0.2, -0.15) is 0 Å². The van der Waals surface area contributed by atoms with Crippen LogP contribution < -0.4 is 5.46 Å². The average Bonchev–Trinajstić information content (AvgIpc) is 2.50. The number of aryl methyl sites for hydroxylation is 3. The van der Waals surface area contributed by atoms with Crippen LogP contribution in [0.25, 0.3) is 0 Å². The molecule has 0 fully saturated rings. The van der Waals surface area contributed by atoms with Crippen molar-refractivity contribution in [2.75, 3.05) is 7.11 Å². The lowest BCUT2D eigenvalue weighted by atomic mass is 9.87. The van der Waals surface area contributed by atoms with Crippen molar-refractivity contribution in [3.8, 4) is 0 Å². The molecule has 2 aromatic carbocycles. The highest BCUT2D eigenvalue weighted by Crippen LogP contribution is 2.23. The smallest absolute Gasteiger partial charge is 0.309 e. The molecule has 0 spiro atoms. The van der Waals surface area contributed by atoms with Crippen molar-refractivity contribution < 1.29 is 9.53 Å². The molecule has 0 aromatic heterocycles. The lowest BCUT2D eigenvalue weighted by molar-refractivity contribution is -0.145. The SMILES string of the molecule is [B]c1ccc(CC(Cc2c(C)cc(C)cc2C)C(=O)OC)cc1. The normalized spacial score (nSPS) is 12.0. The van der Waals surface area contributed by atoms with Gasteiger partial charge in [0.05, 0.1) is 13.0 Å². The lowest BCUT2D eigenvalue weighted by Crippen LogP contribution is -2.22. The fourth-order valence-electron chi connectivity index (χ4n) is 3.12. The number of methoxy groups -OCH3 is 1. The molecule has 118 valence electrons. The number of rotatable bonds is 5. The minimum Gasteiger partial charge on any atom is -0.469 e. The minimum absolute atomic E-state index is 0.166. The van der Waals surface area contributed by atoms with Crippen LogP contribution in [0.4, 0.5) is 0 Å². The van der Waals surface area contributed by atoms with Gasteiger partial charge in [0, 0.05) is 0 Å². The number of carbonyl (C=O) groups excluding carboxylic acids is 1. The fourth-order valence-corrected chi connectivity index (χ4v) is 3.12. The standard InChI is InChI=1S/C20H23BO2/c1-13-9-14(2)19(15(3)10-13)12-17(20(22)23-4)11-16-5-7-18(21)8-6-16/h5-10,17H,11-12H2,1-4H3. The topological polar surface area (TPSA) is 26.3 Å². The molecule has 3 heteroatoms. The van der Waals surface area contributed by atoms with E-state index in [-0.39, 0.29) is 11.9 Å². The molecular weight excluding hydrogens is 283 g/mol. The summed E-state index contributed by atoms with van der Waals surface area (Å²) in [4.78, 5) is 12.2. The quantitative estimate of drug-likeness (QED) is 0.627. The van der Waals surface area contributed by atoms with Crippen molar-refractivity contribution in [3.05, 3.63) is 64.2 Å². The number of hydrogen-bond donors (Lipinski definition) is 0. The minimum atomic E-state index is -0.191. The molecule has 0 amide bonds. The highest BCUT2D eigenvalue weighted by atomic mass is 16.5. The highest BCUT2D eigenvalue weighted by Gasteiger charge is 2.22. The second kappa shape index (κ2) is 7.50. The Labute approximate surface area is 140 Å². The van der Waals surface area contributed by atoms with E-state index in [1.165, 1.54) is 29.4 Å². The molecule has 2 aromatic rings. The number of carbonyl (C=O) groups is 1. The highest BCUT2D eigenvalue weighted by molar-refractivity contribution is 6.32. The van der Waals surface area contributed by atoms with E-state index in [4.69, 9.17) is 12.6 Å². The van der Waals surface area contributed by atoms with Crippen LogP contribution >= 0.6 is 0 Å². The van der Waals surface area contributed by atoms with E-state index in [2.05, 4.69) is 32.9 Å². The molecule has 23 heavy (non-hydrogen) atoms. The molecule has 2 nitrogen and oxygen atoms in total. The first-order valence-corrected chi connectivity index (χ1v) is 7.89. The van der Waals surface area contributed by atoms with Crippen molar-refractivity contribution in [1.82, 2.24) is 0 Å². The van der Waals surface area contributed by atoms with Crippen molar-refractivity contribution >= 4 is 19.3 Å². The Morgan fingerprint density at radius 2 is 1.61 bits per heavy atom. The van der Waals surface area contributed by atoms with Crippen LogP contribution in [0.5, 0.6) is 0 Å². The van der Waals surface area contributed by atoms with E-state index < -0.39 is 0 Å². The summed E-state index contributed by atoms with van der Waals surface area (Å²) in [5.41, 5.74) is 6.77. The van der Waals surface area contributed by atoms with Crippen molar-refractivity contribution in [3.63, 3.8) is 0 Å². The van der Waals surface area contributed by atoms with Gasteiger partial charge in [-0.15, -0.1) is 0 Å². The lowest BCUT2D eigenvalue weighted by Gasteiger charge is -2.18. The molecule has 0 N–H and O–H groups in total. The summed E-state index contributed by atoms with van der Waals surface area (Å²) >= 11 is 0. The Balaban J connectivity index is 2.26. The largest absolute Gasteiger partial charge is 0.469 e. The third-order valence-electron chi connectivity index (χ3n) is 4.29. The van der Waals surface area contributed by atoms with Gasteiger partial charge >= 0.3 is 5.97 Å². The van der Waals surface area contributed by atoms with Crippen LogP contribution in [-0.2, 0) is 22.4 Å². The van der Waals surface area contributed by atoms with Crippen LogP contribution in [0.3, 0.4) is 0 Å². The molecule has 0 saturated heterocycles. The fraction of sp³-hybridized carbons (Fsp3) is 0.350. The maximum atomic E-state index is 12.2. The molecule has 0 aliphatic rings. The van der Waals surface area contributed by atoms with Gasteiger partial charge < -0.3 is 4.74 Å². The van der Waals surface area contributed by atoms with Gasteiger partial charge in [-0.3, -0.25) is 4.79 Å². The Bertz CT molecular complexity index is 666. The summed E-state index contributed by atoms with van der Waals surface area (Å²) in [6.45, 7) is 6.30. The van der Waals surface area contributed by atoms with Crippen LogP contribution in [0.15, 0.2) is 36.4 Å². The molecule has 1 atom stereocenters. The number of esters is 1. The first kappa shape index (κ1) is 17.3. The van der Waals surface area contributed by atoms with Gasteiger partial charge in [0.25, 0.3) is 0 Å². The van der Waals surface area contributed by atoms with Gasteiger partial charge in [-0.25, -0.2) is 0 Å². The van der Waals surface area contributed by atoms with Crippen molar-refractivity contribution in [2.24, 2.45) is 5.92 Å². The van der Waals surface area contributed by atoms with Gasteiger partial charge in [0.15, 0.2) is 0 Å². The third-order valence-corrected chi connectivity index (χ3v) is 4.29. The Morgan fingerprint density at radius 1 is 1.04 bits per heavy atom. The molecule has 0 aliphatic heterocycles. The molecule has 0 saturated carbocycles. The summed E-state index contributed by atoms with van der Waals surface area (Å²) in [6, 6.07) is 12.0. The van der Waals surface area contributed by atoms with Crippen LogP contribution in [0.1, 0.15) is 27.8 Å². The van der Waals surface area contributed by atoms with E-state index in [0.29, 0.717) is 12.8 Å². The number of benzene rings is 2. The zero-order chi connectivity index (χ0) is 17.0. The molecule has 2 radical (unpaired) electrons. The average molecular weight is 306 g/mol. The first-order valence-electron chi connectivity index (χ1n) is 7.89. The van der Waals surface area contributed by atoms with Crippen molar-refractivity contribution in [2.45, 2.75) is 33.6 Å². The van der Waals surface area contributed by atoms with Gasteiger partial charge in [-0.05, 0) is 55.9 Å².